The molecule has 4 heteroatoms. The average Bonchev–Trinajstić information content (AvgIpc) is 2.39. The summed E-state index contributed by atoms with van der Waals surface area (Å²) in [5.74, 6) is 0.927. The Morgan fingerprint density at radius 1 is 1.16 bits per heavy atom. The molecule has 0 bridgehead atoms. The van der Waals surface area contributed by atoms with Crippen molar-refractivity contribution in [1.29, 1.82) is 0 Å². The van der Waals surface area contributed by atoms with E-state index in [-0.39, 0.29) is 0 Å². The normalized spacial score (nSPS) is 10.7. The highest BCUT2D eigenvalue weighted by atomic mass is 35.5. The zero-order chi connectivity index (χ0) is 13.8. The topological polar surface area (TPSA) is 42.1 Å². The van der Waals surface area contributed by atoms with Crippen LogP contribution in [0, 0.1) is 0 Å². The van der Waals surface area contributed by atoms with Gasteiger partial charge >= 0.3 is 0 Å². The maximum Gasteiger partial charge on any atom is 0.129 e. The van der Waals surface area contributed by atoms with Gasteiger partial charge in [0.05, 0.1) is 5.02 Å². The number of halogens is 1. The number of benzene rings is 1. The lowest BCUT2D eigenvalue weighted by molar-refractivity contribution is 0.672. The first-order chi connectivity index (χ1) is 9.06. The fourth-order valence-electron chi connectivity index (χ4n) is 1.89. The van der Waals surface area contributed by atoms with E-state index in [4.69, 9.17) is 17.3 Å². The van der Waals surface area contributed by atoms with Crippen molar-refractivity contribution in [3.63, 3.8) is 0 Å². The SMILES string of the molecule is CC(C)N(Cc1ccc(N)cc1)c1ccc(Cl)cn1. The molecule has 0 spiro atoms. The number of anilines is 2. The molecule has 0 radical (unpaired) electrons. The van der Waals surface area contributed by atoms with Crippen molar-refractivity contribution in [3.05, 3.63) is 53.2 Å². The van der Waals surface area contributed by atoms with Crippen LogP contribution < -0.4 is 10.6 Å². The second kappa shape index (κ2) is 5.93. The maximum absolute atomic E-state index is 5.88. The molecule has 0 saturated carbocycles. The lowest BCUT2D eigenvalue weighted by Crippen LogP contribution is -2.30. The minimum atomic E-state index is 0.353. The molecule has 2 aromatic rings. The van der Waals surface area contributed by atoms with Gasteiger partial charge in [-0.15, -0.1) is 0 Å². The summed E-state index contributed by atoms with van der Waals surface area (Å²) in [4.78, 5) is 6.61. The van der Waals surface area contributed by atoms with Crippen LogP contribution in [0.2, 0.25) is 5.02 Å². The zero-order valence-electron chi connectivity index (χ0n) is 11.2. The van der Waals surface area contributed by atoms with E-state index >= 15 is 0 Å². The maximum atomic E-state index is 5.88. The van der Waals surface area contributed by atoms with Crippen LogP contribution in [-0.4, -0.2) is 11.0 Å². The molecule has 1 aromatic carbocycles. The van der Waals surface area contributed by atoms with Gasteiger partial charge in [0.15, 0.2) is 0 Å². The predicted molar refractivity (Wildman–Crippen MR) is 81.4 cm³/mol. The standard InChI is InChI=1S/C15H18ClN3/c1-11(2)19(15-8-5-13(16)9-18-15)10-12-3-6-14(17)7-4-12/h3-9,11H,10,17H2,1-2H3. The summed E-state index contributed by atoms with van der Waals surface area (Å²) in [5.41, 5.74) is 7.69. The largest absolute Gasteiger partial charge is 0.399 e. The monoisotopic (exact) mass is 275 g/mol. The van der Waals surface area contributed by atoms with E-state index in [1.807, 2.05) is 36.4 Å². The van der Waals surface area contributed by atoms with E-state index in [0.717, 1.165) is 18.1 Å². The first-order valence-corrected chi connectivity index (χ1v) is 6.66. The van der Waals surface area contributed by atoms with Crippen LogP contribution in [0.4, 0.5) is 11.5 Å². The Morgan fingerprint density at radius 2 is 1.84 bits per heavy atom. The third-order valence-corrected chi connectivity index (χ3v) is 3.19. The van der Waals surface area contributed by atoms with Crippen LogP contribution in [-0.2, 0) is 6.54 Å². The number of hydrogen-bond acceptors (Lipinski definition) is 3. The van der Waals surface area contributed by atoms with Crippen molar-refractivity contribution >= 4 is 23.1 Å². The Kier molecular flexibility index (Phi) is 4.27. The van der Waals surface area contributed by atoms with Crippen molar-refractivity contribution in [3.8, 4) is 0 Å². The van der Waals surface area contributed by atoms with Gasteiger partial charge in [-0.3, -0.25) is 0 Å². The van der Waals surface area contributed by atoms with Crippen molar-refractivity contribution in [2.75, 3.05) is 10.6 Å². The van der Waals surface area contributed by atoms with Crippen molar-refractivity contribution in [2.24, 2.45) is 0 Å². The molecular weight excluding hydrogens is 258 g/mol. The molecule has 0 unspecified atom stereocenters. The van der Waals surface area contributed by atoms with Crippen LogP contribution in [0.5, 0.6) is 0 Å². The lowest BCUT2D eigenvalue weighted by Gasteiger charge is -2.28. The minimum absolute atomic E-state index is 0.353. The second-order valence-electron chi connectivity index (χ2n) is 4.80. The molecule has 0 aliphatic carbocycles. The zero-order valence-corrected chi connectivity index (χ0v) is 11.9. The smallest absolute Gasteiger partial charge is 0.129 e. The summed E-state index contributed by atoms with van der Waals surface area (Å²) in [6.45, 7) is 5.09. The van der Waals surface area contributed by atoms with Gasteiger partial charge in [-0.05, 0) is 43.7 Å². The first-order valence-electron chi connectivity index (χ1n) is 6.29. The quantitative estimate of drug-likeness (QED) is 0.865. The van der Waals surface area contributed by atoms with Gasteiger partial charge in [0, 0.05) is 24.5 Å². The van der Waals surface area contributed by atoms with E-state index in [2.05, 4.69) is 23.7 Å². The number of hydrogen-bond donors (Lipinski definition) is 1. The molecule has 0 fully saturated rings. The summed E-state index contributed by atoms with van der Waals surface area (Å²) in [5, 5.41) is 0.653. The Hall–Kier alpha value is -1.74. The molecule has 100 valence electrons. The van der Waals surface area contributed by atoms with Crippen molar-refractivity contribution in [1.82, 2.24) is 4.98 Å². The van der Waals surface area contributed by atoms with Gasteiger partial charge in [0.2, 0.25) is 0 Å². The molecule has 2 N–H and O–H groups in total. The van der Waals surface area contributed by atoms with Gasteiger partial charge in [0.25, 0.3) is 0 Å². The van der Waals surface area contributed by atoms with E-state index in [1.54, 1.807) is 6.20 Å². The van der Waals surface area contributed by atoms with Crippen LogP contribution in [0.15, 0.2) is 42.6 Å². The van der Waals surface area contributed by atoms with E-state index in [1.165, 1.54) is 5.56 Å². The van der Waals surface area contributed by atoms with Gasteiger partial charge in [0.1, 0.15) is 5.82 Å². The van der Waals surface area contributed by atoms with Crippen LogP contribution >= 0.6 is 11.6 Å². The molecule has 0 amide bonds. The van der Waals surface area contributed by atoms with Gasteiger partial charge in [-0.25, -0.2) is 4.98 Å². The Morgan fingerprint density at radius 3 is 2.37 bits per heavy atom. The molecule has 19 heavy (non-hydrogen) atoms. The lowest BCUT2D eigenvalue weighted by atomic mass is 10.1. The molecule has 0 aliphatic heterocycles. The van der Waals surface area contributed by atoms with E-state index in [9.17, 15) is 0 Å². The number of nitrogens with zero attached hydrogens (tertiary/aromatic N) is 2. The fraction of sp³-hybridized carbons (Fsp3) is 0.267. The Labute approximate surface area is 119 Å². The third kappa shape index (κ3) is 3.61. The van der Waals surface area contributed by atoms with Crippen molar-refractivity contribution in [2.45, 2.75) is 26.4 Å². The molecule has 1 heterocycles. The highest BCUT2D eigenvalue weighted by Gasteiger charge is 2.12. The number of pyridine rings is 1. The summed E-state index contributed by atoms with van der Waals surface area (Å²) < 4.78 is 0. The molecule has 0 saturated heterocycles. The minimum Gasteiger partial charge on any atom is -0.399 e. The molecule has 3 nitrogen and oxygen atoms in total. The molecule has 1 aromatic heterocycles. The second-order valence-corrected chi connectivity index (χ2v) is 5.23. The molecular formula is C15H18ClN3. The van der Waals surface area contributed by atoms with E-state index in [0.29, 0.717) is 11.1 Å². The third-order valence-electron chi connectivity index (χ3n) is 2.96. The summed E-state index contributed by atoms with van der Waals surface area (Å²) in [6.07, 6.45) is 1.68. The molecule has 0 atom stereocenters. The van der Waals surface area contributed by atoms with Gasteiger partial charge < -0.3 is 10.6 Å². The van der Waals surface area contributed by atoms with Crippen molar-refractivity contribution < 1.29 is 0 Å². The number of rotatable bonds is 4. The van der Waals surface area contributed by atoms with E-state index < -0.39 is 0 Å². The van der Waals surface area contributed by atoms with Crippen LogP contribution in [0.25, 0.3) is 0 Å². The summed E-state index contributed by atoms with van der Waals surface area (Å²) in [7, 11) is 0. The molecule has 2 rings (SSSR count). The highest BCUT2D eigenvalue weighted by molar-refractivity contribution is 6.30. The number of nitrogens with two attached hydrogens (primary N) is 1. The molecule has 0 aliphatic rings. The number of nitrogen functional groups attached to an aromatic ring is 1. The predicted octanol–water partition coefficient (Wildman–Crippen LogP) is 3.73. The Balaban J connectivity index is 2.21. The highest BCUT2D eigenvalue weighted by Crippen LogP contribution is 2.20. The van der Waals surface area contributed by atoms with Gasteiger partial charge in [-0.2, -0.15) is 0 Å². The average molecular weight is 276 g/mol. The fourth-order valence-corrected chi connectivity index (χ4v) is 2.00. The van der Waals surface area contributed by atoms with Crippen LogP contribution in [0.1, 0.15) is 19.4 Å². The first kappa shape index (κ1) is 13.7. The van der Waals surface area contributed by atoms with Gasteiger partial charge in [-0.1, -0.05) is 23.7 Å². The van der Waals surface area contributed by atoms with Crippen LogP contribution in [0.3, 0.4) is 0 Å². The summed E-state index contributed by atoms with van der Waals surface area (Å²) in [6, 6.07) is 12.1. The summed E-state index contributed by atoms with van der Waals surface area (Å²) >= 11 is 5.88. The Bertz CT molecular complexity index is 520. The number of aromatic nitrogens is 1.